The minimum atomic E-state index is 0.213. The Hall–Kier alpha value is -1.58. The van der Waals surface area contributed by atoms with Gasteiger partial charge in [-0.3, -0.25) is 9.78 Å². The van der Waals surface area contributed by atoms with Crippen LogP contribution in [0, 0.1) is 5.92 Å². The van der Waals surface area contributed by atoms with Gasteiger partial charge in [0.25, 0.3) is 0 Å². The Kier molecular flexibility index (Phi) is 4.73. The molecule has 0 bridgehead atoms. The lowest BCUT2D eigenvalue weighted by Crippen LogP contribution is -2.44. The molecule has 1 aromatic rings. The van der Waals surface area contributed by atoms with Crippen LogP contribution in [0.15, 0.2) is 24.5 Å². The molecule has 0 radical (unpaired) electrons. The fourth-order valence-corrected chi connectivity index (χ4v) is 3.41. The molecule has 1 amide bonds. The molecule has 3 rings (SSSR count). The van der Waals surface area contributed by atoms with Crippen LogP contribution in [0.2, 0.25) is 0 Å². The maximum atomic E-state index is 12.5. The molecule has 1 aromatic heterocycles. The first-order valence-corrected chi connectivity index (χ1v) is 8.18. The minimum absolute atomic E-state index is 0.213. The van der Waals surface area contributed by atoms with Crippen molar-refractivity contribution in [2.24, 2.45) is 5.92 Å². The van der Waals surface area contributed by atoms with Crippen molar-refractivity contribution >= 4 is 5.91 Å². The summed E-state index contributed by atoms with van der Waals surface area (Å²) in [5, 5.41) is 0. The van der Waals surface area contributed by atoms with E-state index < -0.39 is 0 Å². The average Bonchev–Trinajstić information content (AvgIpc) is 2.57. The van der Waals surface area contributed by atoms with E-state index in [1.807, 2.05) is 12.1 Å². The average molecular weight is 288 g/mol. The number of pyridine rings is 1. The molecule has 0 unspecified atom stereocenters. The lowest BCUT2D eigenvalue weighted by atomic mass is 9.88. The first-order valence-electron chi connectivity index (χ1n) is 8.18. The fourth-order valence-electron chi connectivity index (χ4n) is 3.41. The van der Waals surface area contributed by atoms with Crippen LogP contribution < -0.4 is 4.74 Å². The number of ether oxygens (including phenoxy) is 1. The van der Waals surface area contributed by atoms with Gasteiger partial charge in [-0.1, -0.05) is 19.3 Å². The van der Waals surface area contributed by atoms with E-state index in [4.69, 9.17) is 4.74 Å². The molecule has 0 N–H and O–H groups in total. The smallest absolute Gasteiger partial charge is 0.225 e. The van der Waals surface area contributed by atoms with Gasteiger partial charge in [0.1, 0.15) is 11.9 Å². The summed E-state index contributed by atoms with van der Waals surface area (Å²) in [6.45, 7) is 1.67. The number of carbonyl (C=O) groups excluding carboxylic acids is 1. The van der Waals surface area contributed by atoms with E-state index in [0.29, 0.717) is 5.91 Å². The summed E-state index contributed by atoms with van der Waals surface area (Å²) in [7, 11) is 0. The predicted molar refractivity (Wildman–Crippen MR) is 81.0 cm³/mol. The molecule has 0 atom stereocenters. The second kappa shape index (κ2) is 6.92. The standard InChI is InChI=1S/C17H24N2O2/c20-17(14-5-2-1-3-6-14)19-11-8-15(9-12-19)21-16-7-4-10-18-13-16/h4,7,10,13-15H,1-3,5-6,8-9,11-12H2. The number of amides is 1. The molecule has 2 heterocycles. The van der Waals surface area contributed by atoms with E-state index in [1.165, 1.54) is 19.3 Å². The predicted octanol–water partition coefficient (Wildman–Crippen LogP) is 3.03. The summed E-state index contributed by atoms with van der Waals surface area (Å²) in [6.07, 6.45) is 11.5. The van der Waals surface area contributed by atoms with Gasteiger partial charge < -0.3 is 9.64 Å². The normalized spacial score (nSPS) is 21.2. The van der Waals surface area contributed by atoms with Crippen LogP contribution in [0.3, 0.4) is 0 Å². The Balaban J connectivity index is 1.47. The highest BCUT2D eigenvalue weighted by atomic mass is 16.5. The molecule has 1 aliphatic carbocycles. The molecule has 1 saturated carbocycles. The summed E-state index contributed by atoms with van der Waals surface area (Å²) >= 11 is 0. The number of likely N-dealkylation sites (tertiary alicyclic amines) is 1. The number of aromatic nitrogens is 1. The molecule has 0 spiro atoms. The van der Waals surface area contributed by atoms with Gasteiger partial charge >= 0.3 is 0 Å². The third-order valence-corrected chi connectivity index (χ3v) is 4.65. The van der Waals surface area contributed by atoms with Gasteiger partial charge in [-0.2, -0.15) is 0 Å². The van der Waals surface area contributed by atoms with E-state index in [-0.39, 0.29) is 12.0 Å². The molecular weight excluding hydrogens is 264 g/mol. The van der Waals surface area contributed by atoms with Crippen LogP contribution in [-0.2, 0) is 4.79 Å². The molecule has 114 valence electrons. The topological polar surface area (TPSA) is 42.4 Å². The van der Waals surface area contributed by atoms with Crippen molar-refractivity contribution in [3.8, 4) is 5.75 Å². The number of piperidine rings is 1. The number of rotatable bonds is 3. The first-order chi connectivity index (χ1) is 10.3. The quantitative estimate of drug-likeness (QED) is 0.858. The van der Waals surface area contributed by atoms with Crippen LogP contribution in [0.25, 0.3) is 0 Å². The van der Waals surface area contributed by atoms with Crippen LogP contribution in [0.4, 0.5) is 0 Å². The van der Waals surface area contributed by atoms with Crippen LogP contribution in [0.1, 0.15) is 44.9 Å². The van der Waals surface area contributed by atoms with Crippen molar-refractivity contribution in [3.63, 3.8) is 0 Å². The Morgan fingerprint density at radius 3 is 2.57 bits per heavy atom. The minimum Gasteiger partial charge on any atom is -0.489 e. The zero-order valence-electron chi connectivity index (χ0n) is 12.5. The van der Waals surface area contributed by atoms with Crippen molar-refractivity contribution in [2.75, 3.05) is 13.1 Å². The lowest BCUT2D eigenvalue weighted by molar-refractivity contribution is -0.138. The second-order valence-electron chi connectivity index (χ2n) is 6.17. The zero-order valence-corrected chi connectivity index (χ0v) is 12.5. The Labute approximate surface area is 126 Å². The van der Waals surface area contributed by atoms with E-state index in [9.17, 15) is 4.79 Å². The molecular formula is C17H24N2O2. The zero-order chi connectivity index (χ0) is 14.5. The maximum absolute atomic E-state index is 12.5. The van der Waals surface area contributed by atoms with Gasteiger partial charge in [0.2, 0.25) is 5.91 Å². The lowest BCUT2D eigenvalue weighted by Gasteiger charge is -2.35. The highest BCUT2D eigenvalue weighted by Gasteiger charge is 2.29. The summed E-state index contributed by atoms with van der Waals surface area (Å²) < 4.78 is 5.93. The number of hydrogen-bond donors (Lipinski definition) is 0. The Morgan fingerprint density at radius 2 is 1.90 bits per heavy atom. The van der Waals surface area contributed by atoms with Crippen molar-refractivity contribution in [1.82, 2.24) is 9.88 Å². The maximum Gasteiger partial charge on any atom is 0.225 e. The molecule has 4 heteroatoms. The van der Waals surface area contributed by atoms with Crippen molar-refractivity contribution in [2.45, 2.75) is 51.0 Å². The summed E-state index contributed by atoms with van der Waals surface area (Å²) in [5.74, 6) is 1.50. The molecule has 21 heavy (non-hydrogen) atoms. The number of carbonyl (C=O) groups is 1. The summed E-state index contributed by atoms with van der Waals surface area (Å²) in [4.78, 5) is 18.6. The van der Waals surface area contributed by atoms with Gasteiger partial charge in [-0.25, -0.2) is 0 Å². The third kappa shape index (κ3) is 3.74. The summed E-state index contributed by atoms with van der Waals surface area (Å²) in [5.41, 5.74) is 0. The third-order valence-electron chi connectivity index (χ3n) is 4.65. The van der Waals surface area contributed by atoms with E-state index in [0.717, 1.165) is 44.5 Å². The van der Waals surface area contributed by atoms with Crippen LogP contribution in [0.5, 0.6) is 5.75 Å². The highest BCUT2D eigenvalue weighted by Crippen LogP contribution is 2.27. The first kappa shape index (κ1) is 14.4. The number of nitrogens with zero attached hydrogens (tertiary/aromatic N) is 2. The monoisotopic (exact) mass is 288 g/mol. The van der Waals surface area contributed by atoms with Gasteiger partial charge in [-0.15, -0.1) is 0 Å². The van der Waals surface area contributed by atoms with E-state index in [2.05, 4.69) is 9.88 Å². The van der Waals surface area contributed by atoms with Crippen LogP contribution >= 0.6 is 0 Å². The van der Waals surface area contributed by atoms with E-state index >= 15 is 0 Å². The van der Waals surface area contributed by atoms with Crippen molar-refractivity contribution < 1.29 is 9.53 Å². The van der Waals surface area contributed by atoms with E-state index in [1.54, 1.807) is 12.4 Å². The van der Waals surface area contributed by atoms with Gasteiger partial charge in [0.05, 0.1) is 6.20 Å². The van der Waals surface area contributed by atoms with Crippen molar-refractivity contribution in [3.05, 3.63) is 24.5 Å². The largest absolute Gasteiger partial charge is 0.489 e. The molecule has 2 aliphatic rings. The van der Waals surface area contributed by atoms with Crippen molar-refractivity contribution in [1.29, 1.82) is 0 Å². The van der Waals surface area contributed by atoms with Gasteiger partial charge in [0, 0.05) is 38.0 Å². The molecule has 1 aliphatic heterocycles. The fraction of sp³-hybridized carbons (Fsp3) is 0.647. The summed E-state index contributed by atoms with van der Waals surface area (Å²) in [6, 6.07) is 3.82. The number of hydrogen-bond acceptors (Lipinski definition) is 3. The SMILES string of the molecule is O=C(C1CCCCC1)N1CCC(Oc2cccnc2)CC1. The molecule has 0 aromatic carbocycles. The molecule has 2 fully saturated rings. The highest BCUT2D eigenvalue weighted by molar-refractivity contribution is 5.79. The molecule has 4 nitrogen and oxygen atoms in total. The van der Waals surface area contributed by atoms with Crippen LogP contribution in [-0.4, -0.2) is 35.0 Å². The molecule has 1 saturated heterocycles. The van der Waals surface area contributed by atoms with Gasteiger partial charge in [0.15, 0.2) is 0 Å². The second-order valence-corrected chi connectivity index (χ2v) is 6.17. The Bertz CT molecular complexity index is 449. The van der Waals surface area contributed by atoms with Gasteiger partial charge in [-0.05, 0) is 25.0 Å². The Morgan fingerprint density at radius 1 is 1.14 bits per heavy atom.